The summed E-state index contributed by atoms with van der Waals surface area (Å²) in [6, 6.07) is 6.46. The van der Waals surface area contributed by atoms with Crippen LogP contribution in [0.2, 0.25) is 0 Å². The summed E-state index contributed by atoms with van der Waals surface area (Å²) in [5.41, 5.74) is 9.38. The van der Waals surface area contributed by atoms with Gasteiger partial charge in [0.1, 0.15) is 0 Å². The molecule has 0 amide bonds. The molecular weight excluding hydrogens is 208 g/mol. The summed E-state index contributed by atoms with van der Waals surface area (Å²) < 4.78 is 0. The Morgan fingerprint density at radius 1 is 1.29 bits per heavy atom. The van der Waals surface area contributed by atoms with Crippen molar-refractivity contribution in [3.05, 3.63) is 23.8 Å². The summed E-state index contributed by atoms with van der Waals surface area (Å²) in [5, 5.41) is 0. The number of hydrogen-bond acceptors (Lipinski definition) is 2. The molecule has 1 aromatic rings. The van der Waals surface area contributed by atoms with Gasteiger partial charge in [-0.05, 0) is 49.8 Å². The number of nitrogens with two attached hydrogens (primary N) is 1. The van der Waals surface area contributed by atoms with Gasteiger partial charge in [-0.25, -0.2) is 0 Å². The summed E-state index contributed by atoms with van der Waals surface area (Å²) in [6.45, 7) is 6.73. The third kappa shape index (κ3) is 2.93. The zero-order valence-electron chi connectivity index (χ0n) is 11.1. The molecule has 2 heteroatoms. The van der Waals surface area contributed by atoms with Crippen molar-refractivity contribution in [3.63, 3.8) is 0 Å². The predicted molar refractivity (Wildman–Crippen MR) is 75.4 cm³/mol. The maximum Gasteiger partial charge on any atom is 0.0387 e. The molecule has 0 saturated carbocycles. The second-order valence-electron chi connectivity index (χ2n) is 5.23. The van der Waals surface area contributed by atoms with E-state index >= 15 is 0 Å². The molecule has 1 aliphatic heterocycles. The van der Waals surface area contributed by atoms with Crippen LogP contribution in [0.25, 0.3) is 0 Å². The third-order valence-electron chi connectivity index (χ3n) is 4.05. The van der Waals surface area contributed by atoms with Crippen molar-refractivity contribution in [1.82, 2.24) is 0 Å². The van der Waals surface area contributed by atoms with Crippen molar-refractivity contribution in [2.24, 2.45) is 5.92 Å². The first-order chi connectivity index (χ1) is 8.20. The van der Waals surface area contributed by atoms with E-state index in [0.29, 0.717) is 0 Å². The van der Waals surface area contributed by atoms with Gasteiger partial charge in [0.25, 0.3) is 0 Å². The van der Waals surface area contributed by atoms with E-state index in [0.717, 1.165) is 11.6 Å². The summed E-state index contributed by atoms with van der Waals surface area (Å²) in [7, 11) is 0. The second-order valence-corrected chi connectivity index (χ2v) is 5.23. The van der Waals surface area contributed by atoms with Crippen LogP contribution in [0.3, 0.4) is 0 Å². The lowest BCUT2D eigenvalue weighted by Crippen LogP contribution is -2.24. The first-order valence-electron chi connectivity index (χ1n) is 6.81. The average Bonchev–Trinajstić information content (AvgIpc) is 2.58. The molecule has 1 aromatic carbocycles. The standard InChI is InChI=1S/C15H24N2/c1-3-13-5-4-9-17(10-8-13)14-7-6-12(2)15(16)11-14/h6-7,11,13H,3-5,8-10,16H2,1-2H3. The number of anilines is 2. The van der Waals surface area contributed by atoms with Crippen molar-refractivity contribution in [2.75, 3.05) is 23.7 Å². The fourth-order valence-corrected chi connectivity index (χ4v) is 2.66. The third-order valence-corrected chi connectivity index (χ3v) is 4.05. The Bertz CT molecular complexity index is 373. The fraction of sp³-hybridized carbons (Fsp3) is 0.600. The van der Waals surface area contributed by atoms with Crippen LogP contribution in [-0.4, -0.2) is 13.1 Å². The molecule has 0 aromatic heterocycles. The van der Waals surface area contributed by atoms with E-state index in [1.807, 2.05) is 0 Å². The van der Waals surface area contributed by atoms with Crippen molar-refractivity contribution in [3.8, 4) is 0 Å². The molecule has 2 N–H and O–H groups in total. The Labute approximate surface area is 105 Å². The van der Waals surface area contributed by atoms with E-state index in [9.17, 15) is 0 Å². The molecule has 0 aliphatic carbocycles. The fourth-order valence-electron chi connectivity index (χ4n) is 2.66. The van der Waals surface area contributed by atoms with Gasteiger partial charge in [0.05, 0.1) is 0 Å². The highest BCUT2D eigenvalue weighted by Gasteiger charge is 2.16. The highest BCUT2D eigenvalue weighted by atomic mass is 15.1. The van der Waals surface area contributed by atoms with Crippen molar-refractivity contribution in [2.45, 2.75) is 39.5 Å². The molecule has 17 heavy (non-hydrogen) atoms. The van der Waals surface area contributed by atoms with E-state index in [-0.39, 0.29) is 0 Å². The van der Waals surface area contributed by atoms with Gasteiger partial charge in [0.2, 0.25) is 0 Å². The summed E-state index contributed by atoms with van der Waals surface area (Å²) >= 11 is 0. The van der Waals surface area contributed by atoms with Gasteiger partial charge in [-0.2, -0.15) is 0 Å². The van der Waals surface area contributed by atoms with Crippen LogP contribution in [0, 0.1) is 12.8 Å². The number of hydrogen-bond donors (Lipinski definition) is 1. The van der Waals surface area contributed by atoms with Crippen LogP contribution in [0.5, 0.6) is 0 Å². The molecule has 1 unspecified atom stereocenters. The maximum atomic E-state index is 5.99. The highest BCUT2D eigenvalue weighted by Crippen LogP contribution is 2.26. The molecule has 1 saturated heterocycles. The lowest BCUT2D eigenvalue weighted by Gasteiger charge is -2.23. The van der Waals surface area contributed by atoms with E-state index in [2.05, 4.69) is 36.9 Å². The molecule has 1 fully saturated rings. The zero-order chi connectivity index (χ0) is 12.3. The zero-order valence-corrected chi connectivity index (χ0v) is 11.1. The molecule has 2 nitrogen and oxygen atoms in total. The number of rotatable bonds is 2. The predicted octanol–water partition coefficient (Wildman–Crippen LogP) is 3.59. The van der Waals surface area contributed by atoms with Crippen LogP contribution in [0.1, 0.15) is 38.2 Å². The lowest BCUT2D eigenvalue weighted by molar-refractivity contribution is 0.459. The Kier molecular flexibility index (Phi) is 3.93. The minimum atomic E-state index is 0.916. The lowest BCUT2D eigenvalue weighted by atomic mass is 9.98. The number of nitrogens with zero attached hydrogens (tertiary/aromatic N) is 1. The molecule has 0 bridgehead atoms. The van der Waals surface area contributed by atoms with Gasteiger partial charge in [-0.15, -0.1) is 0 Å². The van der Waals surface area contributed by atoms with Crippen molar-refractivity contribution >= 4 is 11.4 Å². The molecular formula is C15H24N2. The van der Waals surface area contributed by atoms with E-state index in [4.69, 9.17) is 5.73 Å². The number of aryl methyl sites for hydroxylation is 1. The quantitative estimate of drug-likeness (QED) is 0.789. The Morgan fingerprint density at radius 3 is 2.82 bits per heavy atom. The smallest absolute Gasteiger partial charge is 0.0387 e. The normalized spacial score (nSPS) is 21.3. The minimum Gasteiger partial charge on any atom is -0.398 e. The van der Waals surface area contributed by atoms with Crippen LogP contribution in [-0.2, 0) is 0 Å². The van der Waals surface area contributed by atoms with Crippen LogP contribution in [0.15, 0.2) is 18.2 Å². The van der Waals surface area contributed by atoms with Gasteiger partial charge < -0.3 is 10.6 Å². The van der Waals surface area contributed by atoms with Crippen LogP contribution in [0.4, 0.5) is 11.4 Å². The average molecular weight is 232 g/mol. The Hall–Kier alpha value is -1.18. The Morgan fingerprint density at radius 2 is 2.12 bits per heavy atom. The van der Waals surface area contributed by atoms with Gasteiger partial charge in [-0.1, -0.05) is 19.4 Å². The molecule has 2 rings (SSSR count). The SMILES string of the molecule is CCC1CCCN(c2ccc(C)c(N)c2)CC1. The monoisotopic (exact) mass is 232 g/mol. The Balaban J connectivity index is 2.08. The van der Waals surface area contributed by atoms with E-state index in [1.165, 1.54) is 50.0 Å². The summed E-state index contributed by atoms with van der Waals surface area (Å²) in [4.78, 5) is 2.49. The molecule has 0 spiro atoms. The van der Waals surface area contributed by atoms with Crippen molar-refractivity contribution in [1.29, 1.82) is 0 Å². The van der Waals surface area contributed by atoms with E-state index < -0.39 is 0 Å². The van der Waals surface area contributed by atoms with Gasteiger partial charge in [0.15, 0.2) is 0 Å². The van der Waals surface area contributed by atoms with E-state index in [1.54, 1.807) is 0 Å². The van der Waals surface area contributed by atoms with Crippen molar-refractivity contribution < 1.29 is 0 Å². The minimum absolute atomic E-state index is 0.916. The van der Waals surface area contributed by atoms with Crippen LogP contribution >= 0.6 is 0 Å². The first-order valence-corrected chi connectivity index (χ1v) is 6.81. The molecule has 0 radical (unpaired) electrons. The van der Waals surface area contributed by atoms with Gasteiger partial charge in [-0.3, -0.25) is 0 Å². The largest absolute Gasteiger partial charge is 0.398 e. The summed E-state index contributed by atoms with van der Waals surface area (Å²) in [6.07, 6.45) is 5.34. The molecule has 1 heterocycles. The molecule has 1 aliphatic rings. The topological polar surface area (TPSA) is 29.3 Å². The number of nitrogen functional groups attached to an aromatic ring is 1. The van der Waals surface area contributed by atoms with Gasteiger partial charge in [0, 0.05) is 24.5 Å². The van der Waals surface area contributed by atoms with Gasteiger partial charge >= 0.3 is 0 Å². The highest BCUT2D eigenvalue weighted by molar-refractivity contribution is 5.59. The summed E-state index contributed by atoms with van der Waals surface area (Å²) in [5.74, 6) is 0.919. The first kappa shape index (κ1) is 12.3. The molecule has 1 atom stereocenters. The molecule has 94 valence electrons. The maximum absolute atomic E-state index is 5.99. The van der Waals surface area contributed by atoms with Crippen LogP contribution < -0.4 is 10.6 Å². The number of benzene rings is 1. The second kappa shape index (κ2) is 5.44.